The molecule has 0 aliphatic carbocycles. The van der Waals surface area contributed by atoms with Crippen molar-refractivity contribution in [3.05, 3.63) is 48.2 Å². The molecule has 0 bridgehead atoms. The van der Waals surface area contributed by atoms with Crippen molar-refractivity contribution >= 4 is 40.3 Å². The van der Waals surface area contributed by atoms with Crippen molar-refractivity contribution in [2.45, 2.75) is 141 Å². The highest BCUT2D eigenvalue weighted by Gasteiger charge is 2.62. The lowest BCUT2D eigenvalue weighted by Crippen LogP contribution is -2.59. The quantitative estimate of drug-likeness (QED) is 0.179. The van der Waals surface area contributed by atoms with E-state index in [9.17, 15) is 29.1 Å². The highest BCUT2D eigenvalue weighted by molar-refractivity contribution is 6.00. The van der Waals surface area contributed by atoms with E-state index < -0.39 is 95.1 Å². The van der Waals surface area contributed by atoms with Gasteiger partial charge in [-0.1, -0.05) is 45.9 Å². The number of nitrogens with zero attached hydrogens (tertiary/aromatic N) is 2. The number of cyclic esters (lactones) is 1. The fourth-order valence-corrected chi connectivity index (χ4v) is 9.91. The number of nitrogens with one attached hydrogen (secondary N) is 1. The number of Topliss-reactive ketones (excluding diaryl/α,β-unsaturated/α-hetero) is 2. The van der Waals surface area contributed by atoms with Gasteiger partial charge in [-0.05, 0) is 97.7 Å². The van der Waals surface area contributed by atoms with Crippen LogP contribution in [0.5, 0.6) is 5.75 Å². The molecule has 1 unspecified atom stereocenters. The van der Waals surface area contributed by atoms with E-state index in [0.29, 0.717) is 25.0 Å². The fourth-order valence-electron chi connectivity index (χ4n) is 9.91. The minimum absolute atomic E-state index is 0.0543. The smallest absolute Gasteiger partial charge is 0.329 e. The first-order chi connectivity index (χ1) is 29.2. The van der Waals surface area contributed by atoms with Crippen molar-refractivity contribution in [1.82, 2.24) is 15.2 Å². The molecular weight excluding hydrogens is 799 g/mol. The molecule has 0 saturated carbocycles. The van der Waals surface area contributed by atoms with Crippen molar-refractivity contribution in [2.24, 2.45) is 29.6 Å². The minimum atomic E-state index is -1.56. The Morgan fingerprint density at radius 2 is 1.74 bits per heavy atom. The van der Waals surface area contributed by atoms with Gasteiger partial charge in [0.1, 0.15) is 41.2 Å². The number of hydrogen-bond acceptors (Lipinski definition) is 14. The third-order valence-electron chi connectivity index (χ3n) is 13.5. The van der Waals surface area contributed by atoms with Crippen LogP contribution in [-0.4, -0.2) is 127 Å². The molecule has 4 heterocycles. The molecule has 1 aromatic heterocycles. The number of likely N-dealkylation sites (N-methyl/N-ethyl adjacent to an activating group) is 1. The molecule has 342 valence electrons. The van der Waals surface area contributed by atoms with Crippen LogP contribution in [-0.2, 0) is 54.1 Å². The molecule has 3 aliphatic heterocycles. The number of rotatable bonds is 11. The summed E-state index contributed by atoms with van der Waals surface area (Å²) in [4.78, 5) is 76.9. The van der Waals surface area contributed by atoms with E-state index in [1.807, 2.05) is 50.2 Å². The number of benzene rings is 1. The zero-order valence-corrected chi connectivity index (χ0v) is 38.3. The zero-order chi connectivity index (χ0) is 45.8. The van der Waals surface area contributed by atoms with Crippen LogP contribution in [0.3, 0.4) is 0 Å². The maximum absolute atomic E-state index is 14.7. The van der Waals surface area contributed by atoms with Gasteiger partial charge in [-0.15, -0.1) is 0 Å². The number of para-hydroxylation sites is 1. The third kappa shape index (κ3) is 10.1. The molecule has 5 rings (SSSR count). The molecule has 3 saturated heterocycles. The van der Waals surface area contributed by atoms with E-state index in [-0.39, 0.29) is 30.8 Å². The second-order valence-corrected chi connectivity index (χ2v) is 18.1. The summed E-state index contributed by atoms with van der Waals surface area (Å²) in [6.45, 7) is 13.5. The second-order valence-electron chi connectivity index (χ2n) is 18.1. The van der Waals surface area contributed by atoms with E-state index >= 15 is 0 Å². The van der Waals surface area contributed by atoms with Crippen molar-refractivity contribution in [3.8, 4) is 5.75 Å². The van der Waals surface area contributed by atoms with Gasteiger partial charge in [0.2, 0.25) is 5.91 Å². The lowest BCUT2D eigenvalue weighted by molar-refractivity contribution is -0.295. The third-order valence-corrected chi connectivity index (χ3v) is 13.5. The molecule has 15 heteroatoms. The zero-order valence-electron chi connectivity index (χ0n) is 38.3. The number of pyridine rings is 1. The van der Waals surface area contributed by atoms with Gasteiger partial charge in [0.25, 0.3) is 0 Å². The highest BCUT2D eigenvalue weighted by atomic mass is 16.7. The number of amides is 1. The van der Waals surface area contributed by atoms with Gasteiger partial charge in [0.15, 0.2) is 17.7 Å². The Hall–Kier alpha value is -4.28. The molecule has 62 heavy (non-hydrogen) atoms. The summed E-state index contributed by atoms with van der Waals surface area (Å²) >= 11 is 0. The van der Waals surface area contributed by atoms with Gasteiger partial charge >= 0.3 is 11.9 Å². The average molecular weight is 866 g/mol. The number of hydrogen-bond donors (Lipinski definition) is 2. The first-order valence-corrected chi connectivity index (χ1v) is 21.8. The summed E-state index contributed by atoms with van der Waals surface area (Å²) in [7, 11) is 6.76. The summed E-state index contributed by atoms with van der Waals surface area (Å²) in [5.41, 5.74) is -1.17. The molecule has 3 fully saturated rings. The number of aliphatic hydroxyl groups excluding tert-OH is 1. The van der Waals surface area contributed by atoms with E-state index in [0.717, 1.165) is 16.5 Å². The number of esters is 2. The predicted octanol–water partition coefficient (Wildman–Crippen LogP) is 4.77. The Labute approximate surface area is 365 Å². The molecule has 3 aliphatic rings. The van der Waals surface area contributed by atoms with Gasteiger partial charge in [-0.2, -0.15) is 0 Å². The molecule has 14 atom stereocenters. The van der Waals surface area contributed by atoms with Crippen LogP contribution in [0.15, 0.2) is 42.6 Å². The van der Waals surface area contributed by atoms with Crippen LogP contribution in [0, 0.1) is 29.6 Å². The van der Waals surface area contributed by atoms with E-state index in [2.05, 4.69) is 10.3 Å². The molecule has 1 amide bonds. The largest absolute Gasteiger partial charge is 0.494 e. The molecule has 15 nitrogen and oxygen atoms in total. The topological polar surface area (TPSA) is 189 Å². The number of methoxy groups -OCH3 is 2. The molecule has 1 aromatic carbocycles. The molecule has 2 aromatic rings. The average Bonchev–Trinajstić information content (AvgIpc) is 3.50. The first-order valence-electron chi connectivity index (χ1n) is 21.8. The van der Waals surface area contributed by atoms with Crippen LogP contribution < -0.4 is 10.1 Å². The number of ether oxygens (including phenoxy) is 6. The fraction of sp³-hybridized carbons (Fsp3) is 0.660. The van der Waals surface area contributed by atoms with Gasteiger partial charge < -0.3 is 43.7 Å². The Morgan fingerprint density at radius 1 is 1.03 bits per heavy atom. The summed E-state index contributed by atoms with van der Waals surface area (Å²) in [5.74, 6) is -7.19. The van der Waals surface area contributed by atoms with Crippen LogP contribution in [0.4, 0.5) is 0 Å². The van der Waals surface area contributed by atoms with Crippen molar-refractivity contribution < 1.29 is 57.5 Å². The number of aryl methyl sites for hydroxylation is 1. The highest BCUT2D eigenvalue weighted by Crippen LogP contribution is 2.45. The summed E-state index contributed by atoms with van der Waals surface area (Å²) in [5, 5.41) is 15.2. The summed E-state index contributed by atoms with van der Waals surface area (Å²) < 4.78 is 36.4. The Bertz CT molecular complexity index is 1990. The van der Waals surface area contributed by atoms with E-state index in [1.54, 1.807) is 60.9 Å². The monoisotopic (exact) mass is 865 g/mol. The molecule has 0 spiro atoms. The molecule has 0 radical (unpaired) electrons. The SMILES string of the molecule is CC[C@H]1OC(=O)[C@H](C)C(=O)[C@H](C)[C@@H](O[C@@H]2O[C@H](C)C[C@H](N(C)C)[C@H]2O)[C@](C)(OC)C[C@@H](C)C(=O)[C@H](C)[C@H]2C(NC(=O)/C=C/CCc3cnc4c(OC)cccc4c3)C(=O)O[C@@]21C. The lowest BCUT2D eigenvalue weighted by Gasteiger charge is -2.47. The van der Waals surface area contributed by atoms with E-state index in [4.69, 9.17) is 28.4 Å². The van der Waals surface area contributed by atoms with Gasteiger partial charge in [-0.25, -0.2) is 4.79 Å². The number of aliphatic hydroxyl groups is 1. The van der Waals surface area contributed by atoms with Crippen molar-refractivity contribution in [3.63, 3.8) is 0 Å². The number of allylic oxidation sites excluding steroid dienone is 1. The van der Waals surface area contributed by atoms with Crippen molar-refractivity contribution in [2.75, 3.05) is 28.3 Å². The van der Waals surface area contributed by atoms with Crippen LogP contribution in [0.25, 0.3) is 10.9 Å². The number of carbonyl (C=O) groups is 5. The maximum Gasteiger partial charge on any atom is 0.329 e. The Kier molecular flexibility index (Phi) is 15.8. The summed E-state index contributed by atoms with van der Waals surface area (Å²) in [6.07, 6.45) is 1.98. The van der Waals surface area contributed by atoms with E-state index in [1.165, 1.54) is 20.1 Å². The Balaban J connectivity index is 1.43. The van der Waals surface area contributed by atoms with Crippen LogP contribution in [0.1, 0.15) is 86.6 Å². The number of carbonyl (C=O) groups excluding carboxylic acids is 5. The number of aromatic nitrogens is 1. The van der Waals surface area contributed by atoms with Crippen molar-refractivity contribution in [1.29, 1.82) is 0 Å². The van der Waals surface area contributed by atoms with Gasteiger partial charge in [-0.3, -0.25) is 24.2 Å². The minimum Gasteiger partial charge on any atom is -0.494 e. The van der Waals surface area contributed by atoms with Gasteiger partial charge in [0.05, 0.1) is 24.9 Å². The first kappa shape index (κ1) is 48.7. The normalized spacial score (nSPS) is 36.3. The maximum atomic E-state index is 14.7. The molecular formula is C47H67N3O12. The van der Waals surface area contributed by atoms with Gasteiger partial charge in [0, 0.05) is 48.4 Å². The van der Waals surface area contributed by atoms with Crippen LogP contribution in [0.2, 0.25) is 0 Å². The summed E-state index contributed by atoms with van der Waals surface area (Å²) in [6, 6.07) is 6.14. The lowest BCUT2D eigenvalue weighted by atomic mass is 9.69. The number of ketones is 2. The second kappa shape index (κ2) is 20.0. The number of fused-ring (bicyclic) bond motifs is 2. The predicted molar refractivity (Wildman–Crippen MR) is 230 cm³/mol. The van der Waals surface area contributed by atoms with Crippen LogP contribution >= 0.6 is 0 Å². The Morgan fingerprint density at radius 3 is 2.39 bits per heavy atom. The standard InChI is InChI=1S/C47H67N3O12/c1-13-34-47(8)36(38(44(56)62-47)49-35(51)20-15-14-17-30-22-31-18-16-19-33(57-11)37(31)48-24-30)27(4)39(52)25(2)23-46(7,58-12)42(28(5)40(53)29(6)43(55)60-34)61-45-41(54)32(50(9)10)21-26(3)59-45/h15-16,18-20,22,24-29,32,34,36,38,41-42,45,54H,13-14,17,21,23H2,1-12H3,(H,49,51)/b20-15+/t25-,26-,27-,28+,29-,32+,34-,36+,38?,41-,42-,45+,46-,47-/m1/s1. The molecule has 2 N–H and O–H groups in total.